The number of nitrogens with zero attached hydrogens (tertiary/aromatic N) is 1. The van der Waals surface area contributed by atoms with Gasteiger partial charge in [0, 0.05) is 6.54 Å². The quantitative estimate of drug-likeness (QED) is 0.632. The van der Waals surface area contributed by atoms with Crippen LogP contribution >= 0.6 is 11.9 Å². The van der Waals surface area contributed by atoms with Gasteiger partial charge in [-0.15, -0.1) is 0 Å². The number of aliphatic carboxylic acids is 1. The first-order valence-corrected chi connectivity index (χ1v) is 4.08. The van der Waals surface area contributed by atoms with Gasteiger partial charge in [0.2, 0.25) is 0 Å². The molecule has 0 spiro atoms. The van der Waals surface area contributed by atoms with Gasteiger partial charge in [-0.05, 0) is 17.4 Å². The van der Waals surface area contributed by atoms with E-state index in [0.717, 1.165) is 0 Å². The Labute approximate surface area is 69.5 Å². The molecule has 0 radical (unpaired) electrons. The van der Waals surface area contributed by atoms with Gasteiger partial charge in [0.1, 0.15) is 6.54 Å². The zero-order valence-electron chi connectivity index (χ0n) is 5.93. The van der Waals surface area contributed by atoms with E-state index in [0.29, 0.717) is 6.54 Å². The van der Waals surface area contributed by atoms with E-state index in [4.69, 9.17) is 5.11 Å². The van der Waals surface area contributed by atoms with Crippen LogP contribution in [-0.4, -0.2) is 28.5 Å². The fourth-order valence-corrected chi connectivity index (χ4v) is 1.41. The highest BCUT2D eigenvalue weighted by Crippen LogP contribution is 2.12. The van der Waals surface area contributed by atoms with E-state index in [-0.39, 0.29) is 6.54 Å². The minimum atomic E-state index is -0.791. The third-order valence-corrected chi connectivity index (χ3v) is 2.01. The van der Waals surface area contributed by atoms with Gasteiger partial charge >= 0.3 is 5.97 Å². The number of hydrogen-bond acceptors (Lipinski definition) is 3. The molecule has 0 fully saturated rings. The Morgan fingerprint density at radius 2 is 2.45 bits per heavy atom. The van der Waals surface area contributed by atoms with Crippen molar-refractivity contribution < 1.29 is 9.90 Å². The predicted octanol–water partition coefficient (Wildman–Crippen LogP) is 1.10. The first-order chi connectivity index (χ1) is 5.29. The van der Waals surface area contributed by atoms with Crippen molar-refractivity contribution in [1.29, 1.82) is 0 Å². The largest absolute Gasteiger partial charge is 0.480 e. The molecule has 0 saturated carbocycles. The molecule has 0 aromatic heterocycles. The lowest BCUT2D eigenvalue weighted by atomic mass is 10.5. The van der Waals surface area contributed by atoms with Gasteiger partial charge in [-0.2, -0.15) is 0 Å². The molecule has 60 valence electrons. The topological polar surface area (TPSA) is 40.5 Å². The van der Waals surface area contributed by atoms with Crippen molar-refractivity contribution in [1.82, 2.24) is 4.31 Å². The molecule has 1 rings (SSSR count). The van der Waals surface area contributed by atoms with E-state index in [1.165, 1.54) is 11.9 Å². The Morgan fingerprint density at radius 1 is 1.64 bits per heavy atom. The Bertz CT molecular complexity index is 187. The molecule has 11 heavy (non-hydrogen) atoms. The first kappa shape index (κ1) is 8.36. The van der Waals surface area contributed by atoms with Crippen LogP contribution in [0.4, 0.5) is 0 Å². The lowest BCUT2D eigenvalue weighted by Crippen LogP contribution is -2.22. The molecule has 0 atom stereocenters. The predicted molar refractivity (Wildman–Crippen MR) is 45.1 cm³/mol. The molecule has 1 N–H and O–H groups in total. The second kappa shape index (κ2) is 4.20. The average molecular weight is 171 g/mol. The van der Waals surface area contributed by atoms with Crippen molar-refractivity contribution in [3.05, 3.63) is 23.6 Å². The number of hydrogen-bond donors (Lipinski definition) is 1. The summed E-state index contributed by atoms with van der Waals surface area (Å²) in [5, 5.41) is 10.3. The lowest BCUT2D eigenvalue weighted by molar-refractivity contribution is -0.137. The molecule has 4 heteroatoms. The maximum atomic E-state index is 10.3. The highest BCUT2D eigenvalue weighted by atomic mass is 32.2. The summed E-state index contributed by atoms with van der Waals surface area (Å²) in [7, 11) is 0. The smallest absolute Gasteiger partial charge is 0.318 e. The fraction of sp³-hybridized carbons (Fsp3) is 0.286. The monoisotopic (exact) mass is 171 g/mol. The van der Waals surface area contributed by atoms with Gasteiger partial charge in [0.05, 0.1) is 0 Å². The molecule has 0 bridgehead atoms. The third kappa shape index (κ3) is 3.25. The van der Waals surface area contributed by atoms with Crippen molar-refractivity contribution in [3.8, 4) is 0 Å². The second-order valence-electron chi connectivity index (χ2n) is 2.08. The van der Waals surface area contributed by atoms with Gasteiger partial charge in [0.25, 0.3) is 0 Å². The minimum Gasteiger partial charge on any atom is -0.480 e. The van der Waals surface area contributed by atoms with Crippen LogP contribution in [0.5, 0.6) is 0 Å². The minimum absolute atomic E-state index is 0.0827. The van der Waals surface area contributed by atoms with Crippen molar-refractivity contribution in [2.75, 3.05) is 13.1 Å². The van der Waals surface area contributed by atoms with Crippen molar-refractivity contribution >= 4 is 17.9 Å². The molecular formula is C7H9NO2S. The van der Waals surface area contributed by atoms with Crippen LogP contribution < -0.4 is 0 Å². The summed E-state index contributed by atoms with van der Waals surface area (Å²) in [6.07, 6.45) is 5.74. The van der Waals surface area contributed by atoms with Crippen LogP contribution in [-0.2, 0) is 4.79 Å². The number of carbonyl (C=O) groups is 1. The summed E-state index contributed by atoms with van der Waals surface area (Å²) in [6, 6.07) is 0. The maximum Gasteiger partial charge on any atom is 0.318 e. The molecule has 0 aromatic carbocycles. The van der Waals surface area contributed by atoms with E-state index >= 15 is 0 Å². The molecule has 0 aromatic rings. The second-order valence-corrected chi connectivity index (χ2v) is 3.08. The van der Waals surface area contributed by atoms with Crippen molar-refractivity contribution in [2.24, 2.45) is 0 Å². The summed E-state index contributed by atoms with van der Waals surface area (Å²) in [6.45, 7) is 0.767. The molecule has 1 aliphatic heterocycles. The van der Waals surface area contributed by atoms with Crippen LogP contribution in [0.15, 0.2) is 23.6 Å². The highest BCUT2D eigenvalue weighted by Gasteiger charge is 2.07. The summed E-state index contributed by atoms with van der Waals surface area (Å²) < 4.78 is 1.77. The van der Waals surface area contributed by atoms with Gasteiger partial charge in [0.15, 0.2) is 0 Å². The average Bonchev–Trinajstić information content (AvgIpc) is 2.14. The Kier molecular flexibility index (Phi) is 3.19. The lowest BCUT2D eigenvalue weighted by Gasteiger charge is -2.12. The molecule has 0 amide bonds. The summed E-state index contributed by atoms with van der Waals surface area (Å²) >= 11 is 1.42. The number of allylic oxidation sites excluding steroid dienone is 2. The zero-order chi connectivity index (χ0) is 8.10. The van der Waals surface area contributed by atoms with Crippen LogP contribution in [0.3, 0.4) is 0 Å². The van der Waals surface area contributed by atoms with Gasteiger partial charge in [-0.1, -0.05) is 18.2 Å². The van der Waals surface area contributed by atoms with Crippen molar-refractivity contribution in [3.63, 3.8) is 0 Å². The summed E-state index contributed by atoms with van der Waals surface area (Å²) in [5.74, 6) is -0.791. The van der Waals surface area contributed by atoms with Crippen LogP contribution in [0.25, 0.3) is 0 Å². The number of rotatable bonds is 2. The molecule has 1 heterocycles. The molecule has 0 saturated heterocycles. The molecule has 1 aliphatic rings. The zero-order valence-corrected chi connectivity index (χ0v) is 6.75. The maximum absolute atomic E-state index is 10.3. The molecular weight excluding hydrogens is 162 g/mol. The van der Waals surface area contributed by atoms with Crippen LogP contribution in [0, 0.1) is 0 Å². The number of carboxylic acids is 1. The van der Waals surface area contributed by atoms with E-state index in [2.05, 4.69) is 0 Å². The SMILES string of the molecule is O=C(O)CN1CC=CC=CS1. The Hall–Kier alpha value is -0.740. The highest BCUT2D eigenvalue weighted by molar-refractivity contribution is 7.99. The molecule has 0 aliphatic carbocycles. The van der Waals surface area contributed by atoms with Crippen molar-refractivity contribution in [2.45, 2.75) is 0 Å². The molecule has 0 unspecified atom stereocenters. The third-order valence-electron chi connectivity index (χ3n) is 1.16. The van der Waals surface area contributed by atoms with Crippen LogP contribution in [0.1, 0.15) is 0 Å². The van der Waals surface area contributed by atoms with E-state index in [1.807, 2.05) is 23.6 Å². The van der Waals surface area contributed by atoms with E-state index in [9.17, 15) is 4.79 Å². The summed E-state index contributed by atoms with van der Waals surface area (Å²) in [5.41, 5.74) is 0. The fourth-order valence-electron chi connectivity index (χ4n) is 0.719. The number of carboxylic acid groups (broad SMARTS) is 1. The summed E-state index contributed by atoms with van der Waals surface area (Å²) in [4.78, 5) is 10.3. The Morgan fingerprint density at radius 3 is 3.18 bits per heavy atom. The van der Waals surface area contributed by atoms with E-state index in [1.54, 1.807) is 4.31 Å². The van der Waals surface area contributed by atoms with Crippen LogP contribution in [0.2, 0.25) is 0 Å². The molecule has 3 nitrogen and oxygen atoms in total. The normalized spacial score (nSPS) is 18.2. The van der Waals surface area contributed by atoms with Gasteiger partial charge in [-0.3, -0.25) is 4.79 Å². The van der Waals surface area contributed by atoms with Gasteiger partial charge in [-0.25, -0.2) is 4.31 Å². The first-order valence-electron chi connectivity index (χ1n) is 3.24. The standard InChI is InChI=1S/C7H9NO2S/c9-7(10)6-8-4-2-1-3-5-11-8/h1-3,5H,4,6H2,(H,9,10). The van der Waals surface area contributed by atoms with Gasteiger partial charge < -0.3 is 5.11 Å². The van der Waals surface area contributed by atoms with E-state index < -0.39 is 5.97 Å². The Balaban J connectivity index is 2.40.